The molecule has 0 bridgehead atoms. The largest absolute Gasteiger partial charge is 0.395 e. The van der Waals surface area contributed by atoms with Crippen LogP contribution in [0.25, 0.3) is 0 Å². The van der Waals surface area contributed by atoms with E-state index >= 15 is 0 Å². The second kappa shape index (κ2) is 10.3. The number of hydrogen-bond donors (Lipinski definition) is 0. The molecule has 1 unspecified atom stereocenters. The second-order valence-electron chi connectivity index (χ2n) is 4.70. The van der Waals surface area contributed by atoms with E-state index in [2.05, 4.69) is 44.6 Å². The first-order valence-corrected chi connectivity index (χ1v) is 6.59. The Bertz CT molecular complexity index is 224. The van der Waals surface area contributed by atoms with Crippen molar-refractivity contribution in [1.29, 1.82) is 0 Å². The second-order valence-corrected chi connectivity index (χ2v) is 4.70. The van der Waals surface area contributed by atoms with E-state index in [1.807, 2.05) is 0 Å². The van der Waals surface area contributed by atoms with E-state index in [1.165, 1.54) is 12.8 Å². The molecule has 3 nitrogen and oxygen atoms in total. The molecule has 0 saturated carbocycles. The van der Waals surface area contributed by atoms with Gasteiger partial charge in [-0.25, -0.2) is 0 Å². The standard InChI is InChI=1S/C14H28N2O/c1-6-9-13(7-2)12-17-15-14(8-3)10-11-16(4)5/h8,13H,3,6-7,9-12H2,1-2,4-5H3/b15-14-. The Morgan fingerprint density at radius 1 is 1.41 bits per heavy atom. The van der Waals surface area contributed by atoms with Gasteiger partial charge in [-0.2, -0.15) is 0 Å². The lowest BCUT2D eigenvalue weighted by atomic mass is 10.0. The molecule has 17 heavy (non-hydrogen) atoms. The molecule has 0 aromatic carbocycles. The van der Waals surface area contributed by atoms with Crippen LogP contribution in [0.3, 0.4) is 0 Å². The molecular formula is C14H28N2O. The van der Waals surface area contributed by atoms with E-state index in [1.54, 1.807) is 6.08 Å². The Kier molecular flexibility index (Phi) is 9.83. The molecule has 100 valence electrons. The minimum atomic E-state index is 0.628. The van der Waals surface area contributed by atoms with Gasteiger partial charge in [-0.3, -0.25) is 0 Å². The summed E-state index contributed by atoms with van der Waals surface area (Å²) in [6, 6.07) is 0. The average molecular weight is 240 g/mol. The molecule has 1 atom stereocenters. The summed E-state index contributed by atoms with van der Waals surface area (Å²) >= 11 is 0. The summed E-state index contributed by atoms with van der Waals surface area (Å²) in [4.78, 5) is 7.55. The third kappa shape index (κ3) is 8.93. The minimum Gasteiger partial charge on any atom is -0.395 e. The number of oxime groups is 1. The van der Waals surface area contributed by atoms with Crippen molar-refractivity contribution in [2.45, 2.75) is 39.5 Å². The number of allylic oxidation sites excluding steroid dienone is 1. The maximum atomic E-state index is 5.42. The highest BCUT2D eigenvalue weighted by Crippen LogP contribution is 2.11. The molecule has 0 spiro atoms. The highest BCUT2D eigenvalue weighted by molar-refractivity contribution is 5.94. The first-order valence-electron chi connectivity index (χ1n) is 6.59. The molecular weight excluding hydrogens is 212 g/mol. The molecule has 0 aliphatic rings. The molecule has 0 amide bonds. The van der Waals surface area contributed by atoms with Crippen molar-refractivity contribution in [3.05, 3.63) is 12.7 Å². The molecule has 0 saturated heterocycles. The lowest BCUT2D eigenvalue weighted by Crippen LogP contribution is -2.16. The molecule has 0 fully saturated rings. The van der Waals surface area contributed by atoms with Crippen molar-refractivity contribution < 1.29 is 4.84 Å². The van der Waals surface area contributed by atoms with Crippen LogP contribution in [-0.2, 0) is 4.84 Å². The predicted molar refractivity (Wildman–Crippen MR) is 75.4 cm³/mol. The highest BCUT2D eigenvalue weighted by Gasteiger charge is 2.05. The van der Waals surface area contributed by atoms with Gasteiger partial charge in [-0.05, 0) is 38.9 Å². The maximum absolute atomic E-state index is 5.42. The summed E-state index contributed by atoms with van der Waals surface area (Å²) in [5, 5.41) is 4.16. The Labute approximate surface area is 107 Å². The van der Waals surface area contributed by atoms with E-state index < -0.39 is 0 Å². The van der Waals surface area contributed by atoms with E-state index in [-0.39, 0.29) is 0 Å². The quantitative estimate of drug-likeness (QED) is 0.432. The van der Waals surface area contributed by atoms with E-state index in [0.717, 1.165) is 31.7 Å². The number of rotatable bonds is 10. The zero-order valence-corrected chi connectivity index (χ0v) is 11.9. The summed E-state index contributed by atoms with van der Waals surface area (Å²) in [6.45, 7) is 9.87. The monoisotopic (exact) mass is 240 g/mol. The summed E-state index contributed by atoms with van der Waals surface area (Å²) in [5.41, 5.74) is 0.935. The van der Waals surface area contributed by atoms with Crippen LogP contribution >= 0.6 is 0 Å². The first-order chi connectivity index (χ1) is 8.13. The lowest BCUT2D eigenvalue weighted by molar-refractivity contribution is 0.101. The van der Waals surface area contributed by atoms with Crippen LogP contribution in [0.15, 0.2) is 17.8 Å². The van der Waals surface area contributed by atoms with Gasteiger partial charge >= 0.3 is 0 Å². The molecule has 0 aromatic rings. The molecule has 0 aromatic heterocycles. The van der Waals surface area contributed by atoms with E-state index in [0.29, 0.717) is 5.92 Å². The van der Waals surface area contributed by atoms with Crippen molar-refractivity contribution in [2.24, 2.45) is 11.1 Å². The summed E-state index contributed by atoms with van der Waals surface area (Å²) in [6.07, 6.45) is 6.25. The SMILES string of the molecule is C=C/C(CCN(C)C)=N/OCC(CC)CCC. The fourth-order valence-electron chi connectivity index (χ4n) is 1.56. The topological polar surface area (TPSA) is 24.8 Å². The summed E-state index contributed by atoms with van der Waals surface area (Å²) in [7, 11) is 4.10. The fraction of sp³-hybridized carbons (Fsp3) is 0.786. The van der Waals surface area contributed by atoms with Gasteiger partial charge in [0.1, 0.15) is 6.61 Å². The predicted octanol–water partition coefficient (Wildman–Crippen LogP) is 3.32. The van der Waals surface area contributed by atoms with Crippen LogP contribution in [0.2, 0.25) is 0 Å². The Hall–Kier alpha value is -0.830. The average Bonchev–Trinajstić information content (AvgIpc) is 2.31. The minimum absolute atomic E-state index is 0.628. The van der Waals surface area contributed by atoms with Gasteiger partial charge in [0.05, 0.1) is 5.71 Å². The highest BCUT2D eigenvalue weighted by atomic mass is 16.6. The van der Waals surface area contributed by atoms with Gasteiger partial charge in [-0.15, -0.1) is 0 Å². The lowest BCUT2D eigenvalue weighted by Gasteiger charge is -2.12. The molecule has 0 N–H and O–H groups in total. The van der Waals surface area contributed by atoms with Gasteiger partial charge in [-0.1, -0.05) is 32.0 Å². The Morgan fingerprint density at radius 2 is 2.12 bits per heavy atom. The van der Waals surface area contributed by atoms with Crippen molar-refractivity contribution in [3.8, 4) is 0 Å². The first kappa shape index (κ1) is 16.2. The van der Waals surface area contributed by atoms with Crippen molar-refractivity contribution >= 4 is 5.71 Å². The van der Waals surface area contributed by atoms with E-state index in [9.17, 15) is 0 Å². The zero-order valence-electron chi connectivity index (χ0n) is 11.9. The number of hydrogen-bond acceptors (Lipinski definition) is 3. The van der Waals surface area contributed by atoms with Gasteiger partial charge < -0.3 is 9.74 Å². The molecule has 0 rings (SSSR count). The summed E-state index contributed by atoms with van der Waals surface area (Å²) in [5.74, 6) is 0.628. The third-order valence-electron chi connectivity index (χ3n) is 2.82. The van der Waals surface area contributed by atoms with Crippen LogP contribution in [0, 0.1) is 5.92 Å². The van der Waals surface area contributed by atoms with Crippen LogP contribution < -0.4 is 0 Å². The zero-order chi connectivity index (χ0) is 13.1. The Balaban J connectivity index is 3.95. The Morgan fingerprint density at radius 3 is 2.59 bits per heavy atom. The molecule has 3 heteroatoms. The normalized spacial score (nSPS) is 13.8. The molecule has 0 aliphatic carbocycles. The third-order valence-corrected chi connectivity index (χ3v) is 2.82. The van der Waals surface area contributed by atoms with Gasteiger partial charge in [0.25, 0.3) is 0 Å². The van der Waals surface area contributed by atoms with Gasteiger partial charge in [0.2, 0.25) is 0 Å². The van der Waals surface area contributed by atoms with E-state index in [4.69, 9.17) is 4.84 Å². The van der Waals surface area contributed by atoms with Crippen LogP contribution in [-0.4, -0.2) is 37.9 Å². The van der Waals surface area contributed by atoms with Crippen LogP contribution in [0.1, 0.15) is 39.5 Å². The molecule has 0 radical (unpaired) electrons. The van der Waals surface area contributed by atoms with Crippen molar-refractivity contribution in [1.82, 2.24) is 4.90 Å². The van der Waals surface area contributed by atoms with Crippen molar-refractivity contribution in [2.75, 3.05) is 27.2 Å². The number of nitrogens with zero attached hydrogens (tertiary/aromatic N) is 2. The molecule has 0 aliphatic heterocycles. The van der Waals surface area contributed by atoms with Gasteiger partial charge in [0.15, 0.2) is 0 Å². The van der Waals surface area contributed by atoms with Crippen LogP contribution in [0.4, 0.5) is 0 Å². The van der Waals surface area contributed by atoms with Crippen LogP contribution in [0.5, 0.6) is 0 Å². The van der Waals surface area contributed by atoms with Gasteiger partial charge in [0, 0.05) is 13.0 Å². The smallest absolute Gasteiger partial charge is 0.120 e. The fourth-order valence-corrected chi connectivity index (χ4v) is 1.56. The molecule has 0 heterocycles. The summed E-state index contributed by atoms with van der Waals surface area (Å²) < 4.78 is 0. The maximum Gasteiger partial charge on any atom is 0.120 e. The van der Waals surface area contributed by atoms with Crippen molar-refractivity contribution in [3.63, 3.8) is 0 Å².